The van der Waals surface area contributed by atoms with Crippen LogP contribution in [0.2, 0.25) is 0 Å². The molecule has 1 heterocycles. The zero-order chi connectivity index (χ0) is 31.6. The number of hydrogen-bond acceptors (Lipinski definition) is 10. The molecule has 0 amide bonds. The van der Waals surface area contributed by atoms with E-state index in [9.17, 15) is 29.6 Å². The number of aliphatic hydroxyl groups is 1. The quantitative estimate of drug-likeness (QED) is 0.197. The molecule has 1 aliphatic heterocycles. The standard InChI is InChI=1S/C32H36FNO10/c1-4-5-27-43-26-14-21-20-13-23(33)22-12-18(35)10-11-30(22,2)28(20)24(36)15-31(21,3)32(26,44-27)25(37)16-41-29(38)42-19-8-6-17(7-9-19)34(39)40/h6-12,20-21,23-24,26-28,36H,4-5,13-16H2,1-3H3/t20-,21?,23-,24-,26+,27?,28?,30-,31-,32+/m0/s1. The number of ether oxygens (including phenoxy) is 4. The van der Waals surface area contributed by atoms with Gasteiger partial charge in [0, 0.05) is 28.9 Å². The van der Waals surface area contributed by atoms with Gasteiger partial charge in [-0.2, -0.15) is 0 Å². The van der Waals surface area contributed by atoms with E-state index >= 15 is 4.39 Å². The number of allylic oxidation sites excluding steroid dienone is 4. The van der Waals surface area contributed by atoms with Crippen LogP contribution in [0.25, 0.3) is 0 Å². The summed E-state index contributed by atoms with van der Waals surface area (Å²) in [5.74, 6) is -1.79. The molecular weight excluding hydrogens is 577 g/mol. The number of carbonyl (C=O) groups is 3. The highest BCUT2D eigenvalue weighted by Crippen LogP contribution is 2.70. The molecule has 6 rings (SSSR count). The monoisotopic (exact) mass is 613 g/mol. The van der Waals surface area contributed by atoms with E-state index in [0.717, 1.165) is 6.42 Å². The van der Waals surface area contributed by atoms with Gasteiger partial charge in [-0.15, -0.1) is 0 Å². The molecule has 1 N–H and O–H groups in total. The van der Waals surface area contributed by atoms with Gasteiger partial charge >= 0.3 is 6.16 Å². The van der Waals surface area contributed by atoms with Crippen LogP contribution in [0.5, 0.6) is 5.75 Å². The summed E-state index contributed by atoms with van der Waals surface area (Å²) in [7, 11) is 0. The largest absolute Gasteiger partial charge is 0.514 e. The third-order valence-electron chi connectivity index (χ3n) is 10.8. The normalized spacial score (nSPS) is 40.2. The summed E-state index contributed by atoms with van der Waals surface area (Å²) in [6.45, 7) is 5.01. The summed E-state index contributed by atoms with van der Waals surface area (Å²) in [5, 5.41) is 22.7. The molecule has 1 saturated heterocycles. The van der Waals surface area contributed by atoms with Crippen molar-refractivity contribution in [1.29, 1.82) is 0 Å². The van der Waals surface area contributed by atoms with E-state index in [0.29, 0.717) is 18.4 Å². The van der Waals surface area contributed by atoms with E-state index in [-0.39, 0.29) is 47.8 Å². The van der Waals surface area contributed by atoms with Crippen LogP contribution in [-0.2, 0) is 23.8 Å². The van der Waals surface area contributed by atoms with Gasteiger partial charge in [0.1, 0.15) is 11.9 Å². The van der Waals surface area contributed by atoms with E-state index in [1.165, 1.54) is 36.4 Å². The number of nitro groups is 1. The maximum Gasteiger partial charge on any atom is 0.514 e. The fourth-order valence-electron chi connectivity index (χ4n) is 9.01. The lowest BCUT2D eigenvalue weighted by Crippen LogP contribution is -2.64. The first kappa shape index (κ1) is 30.5. The molecule has 0 radical (unpaired) electrons. The molecule has 12 heteroatoms. The van der Waals surface area contributed by atoms with Crippen LogP contribution in [0.1, 0.15) is 52.9 Å². The van der Waals surface area contributed by atoms with Crippen LogP contribution in [0.3, 0.4) is 0 Å². The number of ketones is 2. The highest BCUT2D eigenvalue weighted by molar-refractivity contribution is 6.01. The minimum atomic E-state index is -1.56. The fourth-order valence-corrected chi connectivity index (χ4v) is 9.01. The topological polar surface area (TPSA) is 152 Å². The molecule has 10 atom stereocenters. The zero-order valence-corrected chi connectivity index (χ0v) is 24.8. The van der Waals surface area contributed by atoms with Crippen LogP contribution < -0.4 is 4.74 Å². The minimum Gasteiger partial charge on any atom is -0.426 e. The van der Waals surface area contributed by atoms with Gasteiger partial charge in [-0.3, -0.25) is 19.7 Å². The molecule has 1 aromatic rings. The first-order valence-corrected chi connectivity index (χ1v) is 15.1. The van der Waals surface area contributed by atoms with E-state index in [4.69, 9.17) is 18.9 Å². The Hall–Kier alpha value is -3.48. The Morgan fingerprint density at radius 2 is 1.93 bits per heavy atom. The molecule has 4 fully saturated rings. The highest BCUT2D eigenvalue weighted by atomic mass is 19.1. The number of rotatable bonds is 7. The first-order valence-electron chi connectivity index (χ1n) is 15.1. The second-order valence-corrected chi connectivity index (χ2v) is 13.1. The molecule has 5 aliphatic rings. The third kappa shape index (κ3) is 4.52. The van der Waals surface area contributed by atoms with Gasteiger partial charge in [-0.1, -0.05) is 33.3 Å². The fraction of sp³-hybridized carbons (Fsp3) is 0.594. The molecule has 44 heavy (non-hydrogen) atoms. The molecule has 236 valence electrons. The molecular formula is C32H36FNO10. The number of halogens is 1. The van der Waals surface area contributed by atoms with Crippen molar-refractivity contribution >= 4 is 23.4 Å². The zero-order valence-electron chi connectivity index (χ0n) is 24.8. The second kappa shape index (κ2) is 10.8. The van der Waals surface area contributed by atoms with E-state index in [1.807, 2.05) is 20.8 Å². The maximum absolute atomic E-state index is 15.8. The van der Waals surface area contributed by atoms with Crippen molar-refractivity contribution in [2.75, 3.05) is 6.61 Å². The molecule has 11 nitrogen and oxygen atoms in total. The van der Waals surface area contributed by atoms with Crippen LogP contribution >= 0.6 is 0 Å². The second-order valence-electron chi connectivity index (χ2n) is 13.1. The lowest BCUT2D eigenvalue weighted by atomic mass is 9.46. The molecule has 3 unspecified atom stereocenters. The van der Waals surface area contributed by atoms with Crippen molar-refractivity contribution in [2.24, 2.45) is 28.6 Å². The Balaban J connectivity index is 1.26. The van der Waals surface area contributed by atoms with Crippen LogP contribution in [0.4, 0.5) is 14.9 Å². The van der Waals surface area contributed by atoms with Gasteiger partial charge in [0.2, 0.25) is 5.78 Å². The molecule has 3 saturated carbocycles. The predicted octanol–water partition coefficient (Wildman–Crippen LogP) is 4.80. The Bertz CT molecular complexity index is 1440. The Labute approximate surface area is 253 Å². The lowest BCUT2D eigenvalue weighted by Gasteiger charge is -2.60. The van der Waals surface area contributed by atoms with Crippen LogP contribution in [0.15, 0.2) is 48.1 Å². The van der Waals surface area contributed by atoms with Crippen LogP contribution in [-0.4, -0.2) is 64.6 Å². The summed E-state index contributed by atoms with van der Waals surface area (Å²) in [4.78, 5) is 49.1. The van der Waals surface area contributed by atoms with Crippen molar-refractivity contribution < 1.29 is 47.8 Å². The van der Waals surface area contributed by atoms with Crippen molar-refractivity contribution in [3.63, 3.8) is 0 Å². The van der Waals surface area contributed by atoms with Gasteiger partial charge in [0.25, 0.3) is 5.69 Å². The van der Waals surface area contributed by atoms with Gasteiger partial charge in [0.15, 0.2) is 24.3 Å². The number of alkyl halides is 1. The summed E-state index contributed by atoms with van der Waals surface area (Å²) >= 11 is 0. The Kier molecular flexibility index (Phi) is 7.53. The third-order valence-corrected chi connectivity index (χ3v) is 10.8. The molecule has 1 aromatic carbocycles. The number of nitro benzene ring substituents is 1. The predicted molar refractivity (Wildman–Crippen MR) is 151 cm³/mol. The van der Waals surface area contributed by atoms with Gasteiger partial charge in [0.05, 0.1) is 17.1 Å². The summed E-state index contributed by atoms with van der Waals surface area (Å²) in [6.07, 6.45) is 1.54. The number of hydrogen-bond donors (Lipinski definition) is 1. The average molecular weight is 614 g/mol. The van der Waals surface area contributed by atoms with E-state index in [1.54, 1.807) is 6.08 Å². The van der Waals surface area contributed by atoms with Gasteiger partial charge < -0.3 is 24.1 Å². The summed E-state index contributed by atoms with van der Waals surface area (Å²) in [5.41, 5.74) is -3.19. The van der Waals surface area contributed by atoms with Crippen molar-refractivity contribution in [1.82, 2.24) is 0 Å². The van der Waals surface area contributed by atoms with Gasteiger partial charge in [-0.25, -0.2) is 9.18 Å². The number of carbonyl (C=O) groups excluding carboxylic acids is 3. The van der Waals surface area contributed by atoms with Crippen molar-refractivity contribution in [3.05, 3.63) is 58.2 Å². The maximum atomic E-state index is 15.8. The van der Waals surface area contributed by atoms with E-state index in [2.05, 4.69) is 0 Å². The number of benzene rings is 1. The number of aliphatic hydroxyl groups excluding tert-OH is 1. The lowest BCUT2D eigenvalue weighted by molar-refractivity contribution is -0.384. The van der Waals surface area contributed by atoms with Gasteiger partial charge in [-0.05, 0) is 67.4 Å². The molecule has 0 aromatic heterocycles. The number of nitrogens with zero attached hydrogens (tertiary/aromatic N) is 1. The highest BCUT2D eigenvalue weighted by Gasteiger charge is 2.76. The average Bonchev–Trinajstić information content (AvgIpc) is 3.45. The summed E-state index contributed by atoms with van der Waals surface area (Å²) < 4.78 is 38.9. The Morgan fingerprint density at radius 1 is 1.20 bits per heavy atom. The van der Waals surface area contributed by atoms with Crippen LogP contribution in [0, 0.1) is 38.7 Å². The molecule has 4 aliphatic carbocycles. The summed E-state index contributed by atoms with van der Waals surface area (Å²) in [6, 6.07) is 4.82. The minimum absolute atomic E-state index is 0.000311. The van der Waals surface area contributed by atoms with E-state index < -0.39 is 64.6 Å². The SMILES string of the molecule is CCCC1O[C@@H]2CC3[C@@H]4C[C@H](F)C5=CC(=O)C=C[C@]5(C)C4[C@@H](O)C[C@]3(C)[C@]2(C(=O)COC(=O)Oc2ccc([N+](=O)[O-])cc2)O1. The number of non-ortho nitro benzene ring substituents is 1. The number of Topliss-reactive ketones (excluding diaryl/α,β-unsaturated/α-hetero) is 1. The van der Waals surface area contributed by atoms with Crippen molar-refractivity contribution in [3.8, 4) is 5.75 Å². The smallest absolute Gasteiger partial charge is 0.426 e. The molecule has 0 bridgehead atoms. The van der Waals surface area contributed by atoms with Crippen molar-refractivity contribution in [2.45, 2.75) is 83.1 Å². The number of fused-ring (bicyclic) bond motifs is 7. The molecule has 0 spiro atoms. The Morgan fingerprint density at radius 3 is 2.61 bits per heavy atom. The first-order chi connectivity index (χ1) is 20.8.